The van der Waals surface area contributed by atoms with E-state index in [1.54, 1.807) is 0 Å². The Kier molecular flexibility index (Phi) is 70.6. The number of esters is 4. The summed E-state index contributed by atoms with van der Waals surface area (Å²) in [6.07, 6.45) is 62.6. The van der Waals surface area contributed by atoms with Crippen LogP contribution in [0.25, 0.3) is 0 Å². The molecular weight excluding hydrogens is 1280 g/mol. The van der Waals surface area contributed by atoms with Crippen LogP contribution in [0, 0.1) is 5.92 Å². The summed E-state index contributed by atoms with van der Waals surface area (Å²) in [5.74, 6) is -1.32. The van der Waals surface area contributed by atoms with Crippen LogP contribution in [0.1, 0.15) is 420 Å². The molecule has 0 heterocycles. The molecule has 5 atom stereocenters. The number of carbonyl (C=O) groups excluding carboxylic acids is 4. The lowest BCUT2D eigenvalue weighted by molar-refractivity contribution is -0.161. The SMILES string of the molecule is CCCCCCCCCCCCCCCCCCCCCCCC(=O)O[C@H](COC(=O)CCCCCCCCCCCCCCCC(C)C)COP(=O)(O)OC[C@@H](O)COP(=O)(O)OC[C@@H](COC(=O)CCCCCCCCC)OC(=O)CCCCCCCCCCCCCCCC. The van der Waals surface area contributed by atoms with Crippen molar-refractivity contribution >= 4 is 39.5 Å². The zero-order valence-electron chi connectivity index (χ0n) is 63.9. The van der Waals surface area contributed by atoms with Crippen LogP contribution in [0.3, 0.4) is 0 Å². The van der Waals surface area contributed by atoms with E-state index in [0.29, 0.717) is 25.7 Å². The summed E-state index contributed by atoms with van der Waals surface area (Å²) in [5.41, 5.74) is 0. The number of aliphatic hydroxyl groups is 1. The zero-order chi connectivity index (χ0) is 71.9. The molecule has 17 nitrogen and oxygen atoms in total. The van der Waals surface area contributed by atoms with E-state index >= 15 is 0 Å². The average Bonchev–Trinajstić information content (AvgIpc) is 1.02. The van der Waals surface area contributed by atoms with Gasteiger partial charge in [-0.1, -0.05) is 369 Å². The summed E-state index contributed by atoms with van der Waals surface area (Å²) in [6, 6.07) is 0. The number of hydrogen-bond donors (Lipinski definition) is 3. The van der Waals surface area contributed by atoms with E-state index in [1.165, 1.54) is 231 Å². The Morgan fingerprint density at radius 3 is 0.694 bits per heavy atom. The van der Waals surface area contributed by atoms with Crippen LogP contribution < -0.4 is 0 Å². The Labute approximate surface area is 600 Å². The Hall–Kier alpha value is -1.94. The smallest absolute Gasteiger partial charge is 0.462 e. The Bertz CT molecular complexity index is 1870. The molecule has 0 saturated carbocycles. The molecule has 98 heavy (non-hydrogen) atoms. The van der Waals surface area contributed by atoms with E-state index in [4.69, 9.17) is 37.0 Å². The molecule has 0 saturated heterocycles. The van der Waals surface area contributed by atoms with Crippen molar-refractivity contribution in [1.29, 1.82) is 0 Å². The second kappa shape index (κ2) is 72.0. The van der Waals surface area contributed by atoms with Gasteiger partial charge in [0.05, 0.1) is 26.4 Å². The van der Waals surface area contributed by atoms with E-state index in [9.17, 15) is 43.2 Å². The van der Waals surface area contributed by atoms with Crippen molar-refractivity contribution in [1.82, 2.24) is 0 Å². The number of unbranched alkanes of at least 4 members (excludes halogenated alkanes) is 51. The van der Waals surface area contributed by atoms with Crippen molar-refractivity contribution in [2.24, 2.45) is 5.92 Å². The quantitative estimate of drug-likeness (QED) is 0.0222. The first kappa shape index (κ1) is 96.1. The van der Waals surface area contributed by atoms with Gasteiger partial charge in [-0.3, -0.25) is 37.3 Å². The first-order chi connectivity index (χ1) is 47.5. The van der Waals surface area contributed by atoms with Gasteiger partial charge in [0, 0.05) is 25.7 Å². The van der Waals surface area contributed by atoms with Crippen molar-refractivity contribution < 1.29 is 80.2 Å². The molecule has 0 aliphatic heterocycles. The van der Waals surface area contributed by atoms with Crippen LogP contribution in [0.15, 0.2) is 0 Å². The molecule has 19 heteroatoms. The maximum absolute atomic E-state index is 13.1. The summed E-state index contributed by atoms with van der Waals surface area (Å²) in [6.45, 7) is 7.29. The van der Waals surface area contributed by atoms with Gasteiger partial charge in [-0.15, -0.1) is 0 Å². The van der Waals surface area contributed by atoms with Crippen LogP contribution in [-0.2, 0) is 65.4 Å². The fourth-order valence-electron chi connectivity index (χ4n) is 12.2. The fraction of sp³-hybridized carbons (Fsp3) is 0.949. The van der Waals surface area contributed by atoms with Gasteiger partial charge in [-0.05, 0) is 31.6 Å². The lowest BCUT2D eigenvalue weighted by Gasteiger charge is -2.21. The molecule has 0 aliphatic carbocycles. The highest BCUT2D eigenvalue weighted by molar-refractivity contribution is 7.47. The van der Waals surface area contributed by atoms with Crippen molar-refractivity contribution in [3.63, 3.8) is 0 Å². The summed E-state index contributed by atoms with van der Waals surface area (Å²) in [7, 11) is -9.91. The number of carbonyl (C=O) groups is 4. The second-order valence-electron chi connectivity index (χ2n) is 28.9. The molecule has 0 radical (unpaired) electrons. The highest BCUT2D eigenvalue weighted by Crippen LogP contribution is 2.45. The molecule has 2 unspecified atom stereocenters. The molecule has 0 fully saturated rings. The molecular formula is C79H154O17P2. The fourth-order valence-corrected chi connectivity index (χ4v) is 13.8. The van der Waals surface area contributed by atoms with Gasteiger partial charge in [0.15, 0.2) is 12.2 Å². The van der Waals surface area contributed by atoms with Crippen molar-refractivity contribution in [2.75, 3.05) is 39.6 Å². The molecule has 0 aromatic rings. The summed E-state index contributed by atoms with van der Waals surface area (Å²) in [5, 5.41) is 10.6. The van der Waals surface area contributed by atoms with Crippen LogP contribution in [0.5, 0.6) is 0 Å². The number of ether oxygens (including phenoxy) is 4. The molecule has 0 spiro atoms. The normalized spacial score (nSPS) is 13.9. The lowest BCUT2D eigenvalue weighted by Crippen LogP contribution is -2.30. The molecule has 3 N–H and O–H groups in total. The average molecular weight is 1440 g/mol. The minimum Gasteiger partial charge on any atom is -0.462 e. The van der Waals surface area contributed by atoms with E-state index in [0.717, 1.165) is 109 Å². The van der Waals surface area contributed by atoms with E-state index in [2.05, 4.69) is 34.6 Å². The number of hydrogen-bond acceptors (Lipinski definition) is 15. The topological polar surface area (TPSA) is 237 Å². The van der Waals surface area contributed by atoms with E-state index in [-0.39, 0.29) is 25.7 Å². The first-order valence-electron chi connectivity index (χ1n) is 41.1. The third-order valence-corrected chi connectivity index (χ3v) is 20.4. The Morgan fingerprint density at radius 1 is 0.276 bits per heavy atom. The Balaban J connectivity index is 5.17. The summed E-state index contributed by atoms with van der Waals surface area (Å²) in [4.78, 5) is 72.8. The van der Waals surface area contributed by atoms with Crippen LogP contribution in [0.4, 0.5) is 0 Å². The minimum absolute atomic E-state index is 0.108. The maximum Gasteiger partial charge on any atom is 0.472 e. The number of phosphoric ester groups is 2. The van der Waals surface area contributed by atoms with Gasteiger partial charge in [-0.25, -0.2) is 9.13 Å². The lowest BCUT2D eigenvalue weighted by atomic mass is 10.0. The molecule has 0 aromatic carbocycles. The third-order valence-electron chi connectivity index (χ3n) is 18.5. The molecule has 0 aliphatic rings. The summed E-state index contributed by atoms with van der Waals surface area (Å²) >= 11 is 0. The first-order valence-corrected chi connectivity index (χ1v) is 44.1. The molecule has 0 rings (SSSR count). The van der Waals surface area contributed by atoms with Gasteiger partial charge >= 0.3 is 39.5 Å². The molecule has 0 bridgehead atoms. The summed E-state index contributed by atoms with van der Waals surface area (Å²) < 4.78 is 68.5. The van der Waals surface area contributed by atoms with Crippen molar-refractivity contribution in [2.45, 2.75) is 438 Å². The highest BCUT2D eigenvalue weighted by Gasteiger charge is 2.30. The van der Waals surface area contributed by atoms with Gasteiger partial charge in [-0.2, -0.15) is 0 Å². The maximum atomic E-state index is 13.1. The number of phosphoric acid groups is 2. The predicted octanol–water partition coefficient (Wildman–Crippen LogP) is 23.6. The highest BCUT2D eigenvalue weighted by atomic mass is 31.2. The Morgan fingerprint density at radius 2 is 0.469 bits per heavy atom. The van der Waals surface area contributed by atoms with Crippen LogP contribution in [-0.4, -0.2) is 96.7 Å². The monoisotopic (exact) mass is 1440 g/mol. The van der Waals surface area contributed by atoms with Gasteiger partial charge < -0.3 is 33.8 Å². The van der Waals surface area contributed by atoms with Crippen molar-refractivity contribution in [3.05, 3.63) is 0 Å². The van der Waals surface area contributed by atoms with E-state index < -0.39 is 97.5 Å². The number of rotatable bonds is 79. The standard InChI is InChI=1S/C79H154O17P2/c1-6-9-12-15-18-20-22-24-26-27-28-29-30-31-32-36-41-45-50-55-60-65-79(84)96-75(69-90-77(82)63-58-53-48-43-39-37-33-34-38-42-47-51-56-61-72(4)5)71-94-98(87,88)92-67-73(80)66-91-97(85,86)93-70-74(68-89-76(81)62-57-52-46-17-14-11-8-3)95-78(83)64-59-54-49-44-40-35-25-23-21-19-16-13-10-7-2/h72-75,80H,6-71H2,1-5H3,(H,85,86)(H,87,88)/t73-,74+,75+/m0/s1. The van der Waals surface area contributed by atoms with Crippen LogP contribution >= 0.6 is 15.6 Å². The van der Waals surface area contributed by atoms with Crippen molar-refractivity contribution in [3.8, 4) is 0 Å². The number of aliphatic hydroxyl groups excluding tert-OH is 1. The van der Waals surface area contributed by atoms with Gasteiger partial charge in [0.25, 0.3) is 0 Å². The minimum atomic E-state index is -4.96. The van der Waals surface area contributed by atoms with Gasteiger partial charge in [0.1, 0.15) is 19.3 Å². The zero-order valence-corrected chi connectivity index (χ0v) is 65.7. The molecule has 0 aromatic heterocycles. The predicted molar refractivity (Wildman–Crippen MR) is 400 cm³/mol. The van der Waals surface area contributed by atoms with Gasteiger partial charge in [0.2, 0.25) is 0 Å². The van der Waals surface area contributed by atoms with Crippen LogP contribution in [0.2, 0.25) is 0 Å². The second-order valence-corrected chi connectivity index (χ2v) is 31.8. The third kappa shape index (κ3) is 72.4. The largest absolute Gasteiger partial charge is 0.472 e. The molecule has 582 valence electrons. The molecule has 0 amide bonds. The van der Waals surface area contributed by atoms with E-state index in [1.807, 2.05) is 0 Å².